The van der Waals surface area contributed by atoms with Crippen LogP contribution < -0.4 is 0 Å². The number of carbonyl (C=O) groups is 1. The summed E-state index contributed by atoms with van der Waals surface area (Å²) in [5, 5.41) is 18.6. The number of carboxylic acids is 1. The Labute approximate surface area is 131 Å². The van der Waals surface area contributed by atoms with Crippen LogP contribution in [0.15, 0.2) is 17.5 Å². The van der Waals surface area contributed by atoms with Gasteiger partial charge in [0.1, 0.15) is 0 Å². The number of aliphatic hydroxyl groups excluding tert-OH is 1. The zero-order valence-electron chi connectivity index (χ0n) is 12.1. The van der Waals surface area contributed by atoms with E-state index in [9.17, 15) is 18.3 Å². The van der Waals surface area contributed by atoms with Crippen molar-refractivity contribution in [3.8, 4) is 0 Å². The highest BCUT2D eigenvalue weighted by atomic mass is 32.1. The normalized spacial score (nSPS) is 18.8. The molecule has 126 valence electrons. The molecule has 1 aliphatic rings. The fourth-order valence-electron chi connectivity index (χ4n) is 2.10. The predicted octanol–water partition coefficient (Wildman–Crippen LogP) is 2.77. The largest absolute Gasteiger partial charge is 0.490 e. The molecular weight excluding hydrogens is 319 g/mol. The maximum Gasteiger partial charge on any atom is 0.490 e. The Morgan fingerprint density at radius 1 is 1.41 bits per heavy atom. The molecule has 1 saturated heterocycles. The van der Waals surface area contributed by atoms with Gasteiger partial charge in [0.05, 0.1) is 6.10 Å². The van der Waals surface area contributed by atoms with Crippen LogP contribution in [0.1, 0.15) is 24.1 Å². The zero-order valence-corrected chi connectivity index (χ0v) is 12.9. The topological polar surface area (TPSA) is 60.8 Å². The smallest absolute Gasteiger partial charge is 0.475 e. The van der Waals surface area contributed by atoms with Gasteiger partial charge in [-0.2, -0.15) is 13.2 Å². The molecule has 22 heavy (non-hydrogen) atoms. The summed E-state index contributed by atoms with van der Waals surface area (Å²) < 4.78 is 31.7. The molecule has 0 radical (unpaired) electrons. The van der Waals surface area contributed by atoms with Crippen molar-refractivity contribution >= 4 is 17.3 Å². The lowest BCUT2D eigenvalue weighted by Gasteiger charge is -2.13. The lowest BCUT2D eigenvalue weighted by molar-refractivity contribution is -0.192. The number of hydrogen-bond donors (Lipinski definition) is 2. The summed E-state index contributed by atoms with van der Waals surface area (Å²) in [5.41, 5.74) is 0. The molecule has 4 nitrogen and oxygen atoms in total. The molecule has 1 unspecified atom stereocenters. The number of hydrogen-bond acceptors (Lipinski definition) is 4. The SMILES string of the molecule is O=C(O)C(F)(F)F.OC1CCN(CCCCc2cccs2)C1. The maximum absolute atomic E-state index is 10.6. The van der Waals surface area contributed by atoms with Gasteiger partial charge in [-0.1, -0.05) is 6.07 Å². The lowest BCUT2D eigenvalue weighted by atomic mass is 10.2. The molecule has 1 aromatic heterocycles. The van der Waals surface area contributed by atoms with E-state index in [-0.39, 0.29) is 6.10 Å². The van der Waals surface area contributed by atoms with Gasteiger partial charge >= 0.3 is 12.1 Å². The van der Waals surface area contributed by atoms with E-state index in [2.05, 4.69) is 22.4 Å². The number of thiophene rings is 1. The van der Waals surface area contributed by atoms with E-state index < -0.39 is 12.1 Å². The van der Waals surface area contributed by atoms with E-state index in [1.165, 1.54) is 24.1 Å². The van der Waals surface area contributed by atoms with Crippen molar-refractivity contribution in [3.63, 3.8) is 0 Å². The predicted molar refractivity (Wildman–Crippen MR) is 78.0 cm³/mol. The van der Waals surface area contributed by atoms with Crippen LogP contribution in [-0.2, 0) is 11.2 Å². The highest BCUT2D eigenvalue weighted by molar-refractivity contribution is 7.09. The van der Waals surface area contributed by atoms with Crippen molar-refractivity contribution in [2.75, 3.05) is 19.6 Å². The Morgan fingerprint density at radius 3 is 2.55 bits per heavy atom. The Kier molecular flexibility index (Phi) is 7.84. The average Bonchev–Trinajstić information content (AvgIpc) is 3.06. The number of aliphatic carboxylic acids is 1. The number of alkyl halides is 3. The van der Waals surface area contributed by atoms with Crippen molar-refractivity contribution in [3.05, 3.63) is 22.4 Å². The van der Waals surface area contributed by atoms with E-state index in [1.807, 2.05) is 11.3 Å². The fourth-order valence-corrected chi connectivity index (χ4v) is 2.86. The lowest BCUT2D eigenvalue weighted by Crippen LogP contribution is -2.23. The second kappa shape index (κ2) is 9.12. The van der Waals surface area contributed by atoms with Gasteiger partial charge in [0.2, 0.25) is 0 Å². The average molecular weight is 339 g/mol. The van der Waals surface area contributed by atoms with Gasteiger partial charge in [-0.25, -0.2) is 4.79 Å². The number of aryl methyl sites for hydroxylation is 1. The van der Waals surface area contributed by atoms with Crippen molar-refractivity contribution in [2.24, 2.45) is 0 Å². The minimum absolute atomic E-state index is 0.0673. The molecule has 2 N–H and O–H groups in total. The van der Waals surface area contributed by atoms with Crippen molar-refractivity contribution < 1.29 is 28.2 Å². The van der Waals surface area contributed by atoms with Crippen LogP contribution in [0.25, 0.3) is 0 Å². The molecule has 2 rings (SSSR count). The van der Waals surface area contributed by atoms with Crippen LogP contribution in [0, 0.1) is 0 Å². The summed E-state index contributed by atoms with van der Waals surface area (Å²) in [5.74, 6) is -2.76. The number of carboxylic acid groups (broad SMARTS) is 1. The van der Waals surface area contributed by atoms with Crippen LogP contribution in [0.2, 0.25) is 0 Å². The Hall–Kier alpha value is -1.12. The zero-order chi connectivity index (χ0) is 16.6. The van der Waals surface area contributed by atoms with Gasteiger partial charge in [0, 0.05) is 18.0 Å². The number of rotatable bonds is 5. The van der Waals surface area contributed by atoms with E-state index >= 15 is 0 Å². The fraction of sp³-hybridized carbons (Fsp3) is 0.643. The van der Waals surface area contributed by atoms with Crippen molar-refractivity contribution in [2.45, 2.75) is 38.0 Å². The maximum atomic E-state index is 10.6. The van der Waals surface area contributed by atoms with Gasteiger partial charge in [0.25, 0.3) is 0 Å². The minimum Gasteiger partial charge on any atom is -0.475 e. The van der Waals surface area contributed by atoms with E-state index in [4.69, 9.17) is 9.90 Å². The van der Waals surface area contributed by atoms with Gasteiger partial charge in [-0.05, 0) is 43.7 Å². The molecular formula is C14H20F3NO3S. The molecule has 1 fully saturated rings. The summed E-state index contributed by atoms with van der Waals surface area (Å²) in [7, 11) is 0. The summed E-state index contributed by atoms with van der Waals surface area (Å²) in [6, 6.07) is 4.33. The molecule has 0 saturated carbocycles. The summed E-state index contributed by atoms with van der Waals surface area (Å²) in [6.45, 7) is 3.13. The quantitative estimate of drug-likeness (QED) is 0.810. The Bertz CT molecular complexity index is 437. The van der Waals surface area contributed by atoms with Gasteiger partial charge in [-0.3, -0.25) is 0 Å². The first-order valence-electron chi connectivity index (χ1n) is 7.02. The molecule has 1 atom stereocenters. The number of halogens is 3. The minimum atomic E-state index is -5.08. The Morgan fingerprint density at radius 2 is 2.09 bits per heavy atom. The summed E-state index contributed by atoms with van der Waals surface area (Å²) in [4.78, 5) is 12.8. The molecule has 0 bridgehead atoms. The van der Waals surface area contributed by atoms with Crippen LogP contribution in [0.4, 0.5) is 13.2 Å². The monoisotopic (exact) mass is 339 g/mol. The number of aliphatic hydroxyl groups is 1. The molecule has 0 aromatic carbocycles. The molecule has 0 aliphatic carbocycles. The van der Waals surface area contributed by atoms with Crippen molar-refractivity contribution in [1.29, 1.82) is 0 Å². The number of β-amino-alcohol motifs (C(OH)–C–C–N with tert-alkyl or cyclic N) is 1. The second-order valence-electron chi connectivity index (χ2n) is 5.08. The number of unbranched alkanes of at least 4 members (excludes halogenated alkanes) is 1. The summed E-state index contributed by atoms with van der Waals surface area (Å²) >= 11 is 1.85. The molecule has 0 spiro atoms. The first-order chi connectivity index (χ1) is 10.3. The van der Waals surface area contributed by atoms with E-state index in [0.717, 1.165) is 26.1 Å². The number of nitrogens with zero attached hydrogens (tertiary/aromatic N) is 1. The molecule has 0 amide bonds. The van der Waals surface area contributed by atoms with Crippen molar-refractivity contribution in [1.82, 2.24) is 4.90 Å². The summed E-state index contributed by atoms with van der Waals surface area (Å²) in [6.07, 6.45) is -0.446. The first-order valence-corrected chi connectivity index (χ1v) is 7.90. The highest BCUT2D eigenvalue weighted by Gasteiger charge is 2.38. The van der Waals surface area contributed by atoms with E-state index in [1.54, 1.807) is 0 Å². The molecule has 1 aliphatic heterocycles. The van der Waals surface area contributed by atoms with Crippen LogP contribution in [-0.4, -0.2) is 53.0 Å². The highest BCUT2D eigenvalue weighted by Crippen LogP contribution is 2.14. The second-order valence-corrected chi connectivity index (χ2v) is 6.11. The molecule has 2 heterocycles. The standard InChI is InChI=1S/C12H19NOS.C2HF3O2/c14-11-6-8-13(10-11)7-2-1-4-12-5-3-9-15-12;3-2(4,5)1(6)7/h3,5,9,11,14H,1-2,4,6-8,10H2;(H,6,7). The third kappa shape index (κ3) is 7.77. The number of likely N-dealkylation sites (tertiary alicyclic amines) is 1. The molecule has 8 heteroatoms. The van der Waals surface area contributed by atoms with E-state index in [0.29, 0.717) is 0 Å². The third-order valence-electron chi connectivity index (χ3n) is 3.22. The van der Waals surface area contributed by atoms with Gasteiger partial charge < -0.3 is 15.1 Å². The van der Waals surface area contributed by atoms with Crippen LogP contribution >= 0.6 is 11.3 Å². The van der Waals surface area contributed by atoms with Crippen LogP contribution in [0.5, 0.6) is 0 Å². The van der Waals surface area contributed by atoms with Crippen LogP contribution in [0.3, 0.4) is 0 Å². The Balaban J connectivity index is 0.000000295. The van der Waals surface area contributed by atoms with Gasteiger partial charge in [-0.15, -0.1) is 11.3 Å². The first kappa shape index (κ1) is 18.9. The van der Waals surface area contributed by atoms with Gasteiger partial charge in [0.15, 0.2) is 0 Å². The third-order valence-corrected chi connectivity index (χ3v) is 4.15. The molecule has 1 aromatic rings.